The van der Waals surface area contributed by atoms with E-state index in [9.17, 15) is 9.59 Å². The number of piperazine rings is 1. The molecule has 33 heavy (non-hydrogen) atoms. The summed E-state index contributed by atoms with van der Waals surface area (Å²) in [6.45, 7) is 7.40. The number of hydrogen-bond donors (Lipinski definition) is 1. The summed E-state index contributed by atoms with van der Waals surface area (Å²) in [6, 6.07) is 20.2. The van der Waals surface area contributed by atoms with Crippen molar-refractivity contribution in [3.63, 3.8) is 0 Å². The maximum Gasteiger partial charge on any atom is 0.246 e. The highest BCUT2D eigenvalue weighted by Crippen LogP contribution is 2.35. The Hall–Kier alpha value is -2.66. The van der Waals surface area contributed by atoms with Crippen LogP contribution in [0.4, 0.5) is 0 Å². The molecular weight excluding hydrogens is 410 g/mol. The van der Waals surface area contributed by atoms with E-state index >= 15 is 0 Å². The van der Waals surface area contributed by atoms with Gasteiger partial charge >= 0.3 is 0 Å². The van der Waals surface area contributed by atoms with Crippen LogP contribution in [-0.2, 0) is 22.6 Å². The SMILES string of the molecule is CC(C)CC1NC(=O)C2(CCN(CCCc3ccccc3)CC2)N(Cc2ccccc2)C1=O. The van der Waals surface area contributed by atoms with Gasteiger partial charge < -0.3 is 15.1 Å². The molecule has 2 aromatic carbocycles. The maximum absolute atomic E-state index is 13.6. The number of carbonyl (C=O) groups excluding carboxylic acids is 2. The van der Waals surface area contributed by atoms with Crippen molar-refractivity contribution in [1.29, 1.82) is 0 Å². The number of amides is 2. The van der Waals surface area contributed by atoms with Crippen LogP contribution in [0.1, 0.15) is 50.7 Å². The summed E-state index contributed by atoms with van der Waals surface area (Å²) in [4.78, 5) is 31.4. The first-order valence-corrected chi connectivity index (χ1v) is 12.4. The Bertz CT molecular complexity index is 921. The molecule has 1 unspecified atom stereocenters. The molecule has 2 heterocycles. The fraction of sp³-hybridized carbons (Fsp3) is 0.500. The van der Waals surface area contributed by atoms with Crippen LogP contribution < -0.4 is 5.32 Å². The van der Waals surface area contributed by atoms with Gasteiger partial charge in [-0.3, -0.25) is 9.59 Å². The largest absolute Gasteiger partial charge is 0.342 e. The fourth-order valence-corrected chi connectivity index (χ4v) is 5.30. The lowest BCUT2D eigenvalue weighted by atomic mass is 9.80. The summed E-state index contributed by atoms with van der Waals surface area (Å²) in [6.07, 6.45) is 4.23. The molecule has 4 rings (SSSR count). The van der Waals surface area contributed by atoms with Gasteiger partial charge in [-0.1, -0.05) is 74.5 Å². The molecule has 2 aromatic rings. The second-order valence-corrected chi connectivity index (χ2v) is 10.0. The van der Waals surface area contributed by atoms with Gasteiger partial charge in [0.2, 0.25) is 11.8 Å². The Kier molecular flexibility index (Phi) is 7.49. The van der Waals surface area contributed by atoms with Gasteiger partial charge in [0.1, 0.15) is 11.6 Å². The van der Waals surface area contributed by atoms with E-state index in [4.69, 9.17) is 0 Å². The average molecular weight is 448 g/mol. The Morgan fingerprint density at radius 1 is 0.939 bits per heavy atom. The molecule has 1 N–H and O–H groups in total. The number of carbonyl (C=O) groups is 2. The summed E-state index contributed by atoms with van der Waals surface area (Å²) >= 11 is 0. The molecule has 0 bridgehead atoms. The van der Waals surface area contributed by atoms with Crippen molar-refractivity contribution in [3.8, 4) is 0 Å². The first-order chi connectivity index (χ1) is 16.0. The molecule has 0 saturated carbocycles. The van der Waals surface area contributed by atoms with E-state index in [1.54, 1.807) is 0 Å². The Morgan fingerprint density at radius 3 is 2.15 bits per heavy atom. The van der Waals surface area contributed by atoms with Gasteiger partial charge in [0.15, 0.2) is 0 Å². The molecule has 0 radical (unpaired) electrons. The molecule has 1 spiro atoms. The number of likely N-dealkylation sites (tertiary alicyclic amines) is 1. The second kappa shape index (κ2) is 10.5. The molecule has 5 nitrogen and oxygen atoms in total. The van der Waals surface area contributed by atoms with Crippen LogP contribution in [0, 0.1) is 5.92 Å². The Morgan fingerprint density at radius 2 is 1.55 bits per heavy atom. The first kappa shape index (κ1) is 23.5. The quantitative estimate of drug-likeness (QED) is 0.665. The smallest absolute Gasteiger partial charge is 0.246 e. The summed E-state index contributed by atoms with van der Waals surface area (Å²) < 4.78 is 0. The molecule has 2 amide bonds. The van der Waals surface area contributed by atoms with E-state index in [0.29, 0.717) is 31.7 Å². The van der Waals surface area contributed by atoms with Gasteiger partial charge in [-0.05, 0) is 55.7 Å². The molecule has 2 aliphatic heterocycles. The van der Waals surface area contributed by atoms with Crippen LogP contribution in [-0.4, -0.2) is 52.8 Å². The number of piperidine rings is 1. The number of nitrogens with zero attached hydrogens (tertiary/aromatic N) is 2. The van der Waals surface area contributed by atoms with Crippen LogP contribution in [0.15, 0.2) is 60.7 Å². The fourth-order valence-electron chi connectivity index (χ4n) is 5.30. The van der Waals surface area contributed by atoms with E-state index in [2.05, 4.69) is 54.4 Å². The molecule has 176 valence electrons. The maximum atomic E-state index is 13.6. The summed E-state index contributed by atoms with van der Waals surface area (Å²) in [5.41, 5.74) is 1.71. The van der Waals surface area contributed by atoms with Gasteiger partial charge in [-0.15, -0.1) is 0 Å². The summed E-state index contributed by atoms with van der Waals surface area (Å²) in [5.74, 6) is 0.454. The van der Waals surface area contributed by atoms with Crippen molar-refractivity contribution in [1.82, 2.24) is 15.1 Å². The van der Waals surface area contributed by atoms with E-state index in [0.717, 1.165) is 38.0 Å². The van der Waals surface area contributed by atoms with Crippen molar-refractivity contribution in [3.05, 3.63) is 71.8 Å². The van der Waals surface area contributed by atoms with Crippen LogP contribution in [0.3, 0.4) is 0 Å². The van der Waals surface area contributed by atoms with Crippen molar-refractivity contribution < 1.29 is 9.59 Å². The van der Waals surface area contributed by atoms with E-state index < -0.39 is 11.6 Å². The van der Waals surface area contributed by atoms with Crippen molar-refractivity contribution in [2.24, 2.45) is 5.92 Å². The summed E-state index contributed by atoms with van der Waals surface area (Å²) in [7, 11) is 0. The van der Waals surface area contributed by atoms with Gasteiger partial charge in [-0.25, -0.2) is 0 Å². The van der Waals surface area contributed by atoms with E-state index in [-0.39, 0.29) is 11.8 Å². The van der Waals surface area contributed by atoms with Crippen molar-refractivity contribution in [2.75, 3.05) is 19.6 Å². The van der Waals surface area contributed by atoms with Gasteiger partial charge in [0.05, 0.1) is 0 Å². The van der Waals surface area contributed by atoms with Crippen molar-refractivity contribution >= 4 is 11.8 Å². The highest BCUT2D eigenvalue weighted by atomic mass is 16.2. The minimum Gasteiger partial charge on any atom is -0.342 e. The highest BCUT2D eigenvalue weighted by molar-refractivity contribution is 6.00. The molecule has 1 atom stereocenters. The third kappa shape index (κ3) is 5.47. The van der Waals surface area contributed by atoms with E-state index in [1.165, 1.54) is 5.56 Å². The van der Waals surface area contributed by atoms with Gasteiger partial charge in [0, 0.05) is 19.6 Å². The molecule has 2 saturated heterocycles. The number of nitrogens with one attached hydrogen (secondary N) is 1. The van der Waals surface area contributed by atoms with Gasteiger partial charge in [0.25, 0.3) is 0 Å². The minimum absolute atomic E-state index is 0.0348. The Labute approximate surface area is 198 Å². The molecule has 5 heteroatoms. The lowest BCUT2D eigenvalue weighted by Crippen LogP contribution is -2.72. The lowest BCUT2D eigenvalue weighted by molar-refractivity contribution is -0.162. The predicted molar refractivity (Wildman–Crippen MR) is 132 cm³/mol. The predicted octanol–water partition coefficient (Wildman–Crippen LogP) is 4.03. The Balaban J connectivity index is 1.44. The zero-order valence-electron chi connectivity index (χ0n) is 20.0. The average Bonchev–Trinajstić information content (AvgIpc) is 2.82. The summed E-state index contributed by atoms with van der Waals surface area (Å²) in [5, 5.41) is 3.10. The van der Waals surface area contributed by atoms with E-state index in [1.807, 2.05) is 35.2 Å². The number of benzene rings is 2. The third-order valence-electron chi connectivity index (χ3n) is 7.17. The zero-order chi connectivity index (χ0) is 23.3. The minimum atomic E-state index is -0.740. The van der Waals surface area contributed by atoms with Crippen molar-refractivity contribution in [2.45, 2.75) is 64.1 Å². The number of aryl methyl sites for hydroxylation is 1. The van der Waals surface area contributed by atoms with Crippen LogP contribution in [0.2, 0.25) is 0 Å². The monoisotopic (exact) mass is 447 g/mol. The molecule has 0 aromatic heterocycles. The highest BCUT2D eigenvalue weighted by Gasteiger charge is 2.53. The van der Waals surface area contributed by atoms with Gasteiger partial charge in [-0.2, -0.15) is 0 Å². The standard InChI is InChI=1S/C28H37N3O2/c1-22(2)20-25-26(32)31(21-24-12-7-4-8-13-24)28(27(33)29-25)15-18-30(19-16-28)17-9-14-23-10-5-3-6-11-23/h3-8,10-13,22,25H,9,14-21H2,1-2H3,(H,29,33). The molecule has 2 fully saturated rings. The zero-order valence-corrected chi connectivity index (χ0v) is 20.0. The topological polar surface area (TPSA) is 52.7 Å². The molecule has 2 aliphatic rings. The van der Waals surface area contributed by atoms with Crippen LogP contribution in [0.5, 0.6) is 0 Å². The number of hydrogen-bond acceptors (Lipinski definition) is 3. The molecular formula is C28H37N3O2. The number of rotatable bonds is 8. The second-order valence-electron chi connectivity index (χ2n) is 10.0. The lowest BCUT2D eigenvalue weighted by Gasteiger charge is -2.52. The third-order valence-corrected chi connectivity index (χ3v) is 7.17. The first-order valence-electron chi connectivity index (χ1n) is 12.4. The van der Waals surface area contributed by atoms with Crippen LogP contribution in [0.25, 0.3) is 0 Å². The normalized spacial score (nSPS) is 20.9. The van der Waals surface area contributed by atoms with Crippen LogP contribution >= 0.6 is 0 Å². The molecule has 0 aliphatic carbocycles.